The van der Waals surface area contributed by atoms with Crippen LogP contribution in [0.1, 0.15) is 29.3 Å². The van der Waals surface area contributed by atoms with Crippen molar-refractivity contribution in [3.8, 4) is 0 Å². The maximum Gasteiger partial charge on any atom is 0.337 e. The number of aromatic nitrogens is 1. The minimum Gasteiger partial charge on any atom is -0.465 e. The van der Waals surface area contributed by atoms with Crippen LogP contribution in [0.3, 0.4) is 0 Å². The third-order valence-electron chi connectivity index (χ3n) is 3.35. The highest BCUT2D eigenvalue weighted by molar-refractivity contribution is 6.01. The smallest absolute Gasteiger partial charge is 0.337 e. The van der Waals surface area contributed by atoms with Gasteiger partial charge in [0.05, 0.1) is 23.9 Å². The number of nitrogens with two attached hydrogens (primary N) is 1. The average molecular weight is 272 g/mol. The molecule has 2 rings (SSSR count). The predicted octanol–water partition coefficient (Wildman–Crippen LogP) is 3.15. The molecule has 20 heavy (non-hydrogen) atoms. The van der Waals surface area contributed by atoms with Crippen molar-refractivity contribution in [2.75, 3.05) is 12.8 Å². The maximum absolute atomic E-state index is 11.7. The van der Waals surface area contributed by atoms with E-state index in [0.717, 1.165) is 23.7 Å². The fourth-order valence-corrected chi connectivity index (χ4v) is 2.53. The molecular weight excluding hydrogens is 252 g/mol. The summed E-state index contributed by atoms with van der Waals surface area (Å²) < 4.78 is 6.85. The molecule has 0 saturated heterocycles. The van der Waals surface area contributed by atoms with E-state index in [1.54, 1.807) is 6.07 Å². The van der Waals surface area contributed by atoms with Crippen molar-refractivity contribution in [2.24, 2.45) is 0 Å². The van der Waals surface area contributed by atoms with Crippen molar-refractivity contribution in [3.05, 3.63) is 42.1 Å². The molecule has 2 aromatic rings. The summed E-state index contributed by atoms with van der Waals surface area (Å²) in [5.74, 6) is -0.363. The molecule has 106 valence electrons. The molecule has 0 aliphatic heterocycles. The van der Waals surface area contributed by atoms with E-state index in [0.29, 0.717) is 17.8 Å². The second-order valence-electron chi connectivity index (χ2n) is 4.80. The second kappa shape index (κ2) is 5.82. The zero-order valence-corrected chi connectivity index (χ0v) is 12.0. The first-order valence-corrected chi connectivity index (χ1v) is 6.72. The van der Waals surface area contributed by atoms with Crippen LogP contribution in [0.4, 0.5) is 5.69 Å². The average Bonchev–Trinajstić information content (AvgIpc) is 2.77. The summed E-state index contributed by atoms with van der Waals surface area (Å²) in [6.45, 7) is 6.60. The Morgan fingerprint density at radius 2 is 2.25 bits per heavy atom. The summed E-state index contributed by atoms with van der Waals surface area (Å²) in [5, 5.41) is 1.02. The Hall–Kier alpha value is -2.23. The molecule has 0 saturated carbocycles. The molecule has 0 aliphatic carbocycles. The van der Waals surface area contributed by atoms with Crippen LogP contribution in [-0.2, 0) is 17.7 Å². The summed E-state index contributed by atoms with van der Waals surface area (Å²) >= 11 is 0. The van der Waals surface area contributed by atoms with Gasteiger partial charge in [-0.05, 0) is 24.1 Å². The number of fused-ring (bicyclic) bond motifs is 1. The third-order valence-corrected chi connectivity index (χ3v) is 3.35. The van der Waals surface area contributed by atoms with Crippen LogP contribution in [0, 0.1) is 0 Å². The normalized spacial score (nSPS) is 10.7. The van der Waals surface area contributed by atoms with E-state index >= 15 is 0 Å². The summed E-state index contributed by atoms with van der Waals surface area (Å²) in [4.78, 5) is 11.7. The van der Waals surface area contributed by atoms with E-state index in [1.807, 2.05) is 12.1 Å². The summed E-state index contributed by atoms with van der Waals surface area (Å²) in [6, 6.07) is 3.53. The molecule has 0 spiro atoms. The fourth-order valence-electron chi connectivity index (χ4n) is 2.53. The molecule has 0 radical (unpaired) electrons. The number of nitrogens with zero attached hydrogens (tertiary/aromatic N) is 1. The Balaban J connectivity index is 2.69. The SMILES string of the molecule is C=CCn1cc(CCC)c2cc(C(=O)OC)cc(N)c21. The van der Waals surface area contributed by atoms with Gasteiger partial charge < -0.3 is 15.0 Å². The Bertz CT molecular complexity index is 656. The van der Waals surface area contributed by atoms with Crippen LogP contribution in [0.2, 0.25) is 0 Å². The van der Waals surface area contributed by atoms with Crippen molar-refractivity contribution >= 4 is 22.6 Å². The molecule has 0 atom stereocenters. The quantitative estimate of drug-likeness (QED) is 0.517. The largest absolute Gasteiger partial charge is 0.465 e. The standard InChI is InChI=1S/C16H20N2O2/c1-4-6-11-10-18(7-5-2)15-13(11)8-12(9-14(15)17)16(19)20-3/h5,8-10H,2,4,6-7,17H2,1,3H3. The van der Waals surface area contributed by atoms with Crippen molar-refractivity contribution in [1.29, 1.82) is 0 Å². The number of ether oxygens (including phenoxy) is 1. The molecule has 1 heterocycles. The van der Waals surface area contributed by atoms with Crippen LogP contribution in [0.15, 0.2) is 31.0 Å². The highest BCUT2D eigenvalue weighted by atomic mass is 16.5. The number of allylic oxidation sites excluding steroid dienone is 1. The summed E-state index contributed by atoms with van der Waals surface area (Å²) in [6.07, 6.45) is 5.91. The van der Waals surface area contributed by atoms with Gasteiger partial charge in [0.15, 0.2) is 0 Å². The summed E-state index contributed by atoms with van der Waals surface area (Å²) in [5.41, 5.74) is 9.36. The molecule has 1 aromatic carbocycles. The van der Waals surface area contributed by atoms with Crippen molar-refractivity contribution in [2.45, 2.75) is 26.3 Å². The van der Waals surface area contributed by atoms with Crippen LogP contribution >= 0.6 is 0 Å². The van der Waals surface area contributed by atoms with E-state index < -0.39 is 0 Å². The zero-order chi connectivity index (χ0) is 14.7. The topological polar surface area (TPSA) is 57.2 Å². The van der Waals surface area contributed by atoms with E-state index in [4.69, 9.17) is 10.5 Å². The van der Waals surface area contributed by atoms with Crippen LogP contribution in [0.25, 0.3) is 10.9 Å². The van der Waals surface area contributed by atoms with Crippen molar-refractivity contribution < 1.29 is 9.53 Å². The van der Waals surface area contributed by atoms with Gasteiger partial charge in [0, 0.05) is 18.1 Å². The van der Waals surface area contributed by atoms with E-state index in [-0.39, 0.29) is 5.97 Å². The number of esters is 1. The third kappa shape index (κ3) is 2.41. The predicted molar refractivity (Wildman–Crippen MR) is 81.9 cm³/mol. The number of hydrogen-bond acceptors (Lipinski definition) is 3. The molecule has 0 bridgehead atoms. The lowest BCUT2D eigenvalue weighted by molar-refractivity contribution is 0.0601. The first kappa shape index (κ1) is 14.2. The lowest BCUT2D eigenvalue weighted by Crippen LogP contribution is -2.03. The van der Waals surface area contributed by atoms with Crippen molar-refractivity contribution in [1.82, 2.24) is 4.57 Å². The molecule has 0 fully saturated rings. The molecular formula is C16H20N2O2. The van der Waals surface area contributed by atoms with Crippen LogP contribution in [-0.4, -0.2) is 17.6 Å². The van der Waals surface area contributed by atoms with Crippen LogP contribution in [0.5, 0.6) is 0 Å². The molecule has 4 heteroatoms. The van der Waals surface area contributed by atoms with Crippen LogP contribution < -0.4 is 5.73 Å². The number of carbonyl (C=O) groups excluding carboxylic acids is 1. The minimum atomic E-state index is -0.363. The van der Waals surface area contributed by atoms with Gasteiger partial charge in [-0.3, -0.25) is 0 Å². The number of hydrogen-bond donors (Lipinski definition) is 1. The van der Waals surface area contributed by atoms with E-state index in [2.05, 4.69) is 24.3 Å². The second-order valence-corrected chi connectivity index (χ2v) is 4.80. The number of nitrogen functional groups attached to an aromatic ring is 1. The van der Waals surface area contributed by atoms with Gasteiger partial charge >= 0.3 is 5.97 Å². The Kier molecular flexibility index (Phi) is 4.13. The van der Waals surface area contributed by atoms with Gasteiger partial charge in [-0.1, -0.05) is 19.4 Å². The molecule has 1 aromatic heterocycles. The number of aryl methyl sites for hydroxylation is 1. The molecule has 0 aliphatic rings. The monoisotopic (exact) mass is 272 g/mol. The number of methoxy groups -OCH3 is 1. The first-order chi connectivity index (χ1) is 9.62. The zero-order valence-electron chi connectivity index (χ0n) is 12.0. The van der Waals surface area contributed by atoms with Gasteiger partial charge in [-0.25, -0.2) is 4.79 Å². The van der Waals surface area contributed by atoms with Gasteiger partial charge in [0.25, 0.3) is 0 Å². The van der Waals surface area contributed by atoms with Gasteiger partial charge in [0.2, 0.25) is 0 Å². The van der Waals surface area contributed by atoms with Gasteiger partial charge in [-0.15, -0.1) is 6.58 Å². The molecule has 0 unspecified atom stereocenters. The number of anilines is 1. The Labute approximate surface area is 118 Å². The highest BCUT2D eigenvalue weighted by Gasteiger charge is 2.15. The lowest BCUT2D eigenvalue weighted by Gasteiger charge is -2.07. The van der Waals surface area contributed by atoms with Gasteiger partial charge in [-0.2, -0.15) is 0 Å². The Morgan fingerprint density at radius 1 is 1.50 bits per heavy atom. The molecule has 0 amide bonds. The fraction of sp³-hybridized carbons (Fsp3) is 0.312. The van der Waals surface area contributed by atoms with Crippen molar-refractivity contribution in [3.63, 3.8) is 0 Å². The van der Waals surface area contributed by atoms with E-state index in [9.17, 15) is 4.79 Å². The minimum absolute atomic E-state index is 0.363. The first-order valence-electron chi connectivity index (χ1n) is 6.72. The highest BCUT2D eigenvalue weighted by Crippen LogP contribution is 2.29. The number of rotatable bonds is 5. The lowest BCUT2D eigenvalue weighted by atomic mass is 10.1. The number of benzene rings is 1. The van der Waals surface area contributed by atoms with Gasteiger partial charge in [0.1, 0.15) is 0 Å². The molecule has 2 N–H and O–H groups in total. The summed E-state index contributed by atoms with van der Waals surface area (Å²) in [7, 11) is 1.37. The maximum atomic E-state index is 11.7. The molecule has 4 nitrogen and oxygen atoms in total. The van der Waals surface area contributed by atoms with E-state index in [1.165, 1.54) is 12.7 Å². The Morgan fingerprint density at radius 3 is 2.85 bits per heavy atom. The number of carbonyl (C=O) groups is 1.